The molecule has 0 saturated carbocycles. The summed E-state index contributed by atoms with van der Waals surface area (Å²) in [4.78, 5) is 33.2. The van der Waals surface area contributed by atoms with E-state index in [-0.39, 0.29) is 49.8 Å². The Morgan fingerprint density at radius 3 is 1.76 bits per heavy atom. The number of aliphatic imine (C=N–C) groups is 1. The van der Waals surface area contributed by atoms with Gasteiger partial charge in [0.15, 0.2) is 5.96 Å². The number of carboxylic acid groups (broad SMARTS) is 3. The minimum Gasteiger partial charge on any atom is -1.00 e. The van der Waals surface area contributed by atoms with Gasteiger partial charge in [0.2, 0.25) is 0 Å². The van der Waals surface area contributed by atoms with Gasteiger partial charge in [-0.2, -0.15) is 0 Å². The summed E-state index contributed by atoms with van der Waals surface area (Å²) in [6.07, 6.45) is 0.363. The van der Waals surface area contributed by atoms with Crippen molar-refractivity contribution >= 4 is 23.9 Å². The molecule has 0 aliphatic carbocycles. The molecule has 118 valence electrons. The molecule has 21 heavy (non-hydrogen) atoms. The number of nitrogens with zero attached hydrogens (tertiary/aromatic N) is 1. The molecule has 1 atom stereocenters. The van der Waals surface area contributed by atoms with Crippen molar-refractivity contribution in [2.24, 2.45) is 22.2 Å². The third-order valence-electron chi connectivity index (χ3n) is 1.84. The van der Waals surface area contributed by atoms with E-state index in [1.165, 1.54) is 0 Å². The molecule has 0 aromatic carbocycles. The number of guanidine groups is 1. The molecule has 10 nitrogen and oxygen atoms in total. The van der Waals surface area contributed by atoms with Crippen molar-refractivity contribution in [1.29, 1.82) is 0 Å². The normalized spacial score (nSPS) is 10.1. The monoisotopic (exact) mass is 316 g/mol. The van der Waals surface area contributed by atoms with Crippen molar-refractivity contribution in [3.05, 3.63) is 0 Å². The molecule has 9 N–H and O–H groups in total. The maximum atomic E-state index is 10.2. The summed E-state index contributed by atoms with van der Waals surface area (Å²) in [7, 11) is 0. The molecule has 0 radical (unpaired) electrons. The second kappa shape index (κ2) is 15.0. The first-order valence-corrected chi connectivity index (χ1v) is 5.64. The summed E-state index contributed by atoms with van der Waals surface area (Å²) >= 11 is 0. The molecule has 0 aliphatic heterocycles. The van der Waals surface area contributed by atoms with Crippen molar-refractivity contribution in [2.75, 3.05) is 6.54 Å². The molecule has 0 unspecified atom stereocenters. The van der Waals surface area contributed by atoms with Crippen LogP contribution in [0.4, 0.5) is 0 Å². The van der Waals surface area contributed by atoms with Crippen LogP contribution in [-0.2, 0) is 14.4 Å². The van der Waals surface area contributed by atoms with Crippen LogP contribution in [0.3, 0.4) is 0 Å². The third kappa shape index (κ3) is 24.1. The zero-order chi connectivity index (χ0) is 16.1. The first kappa shape index (κ1) is 24.6. The van der Waals surface area contributed by atoms with Crippen molar-refractivity contribution in [3.63, 3.8) is 0 Å². The predicted octanol–water partition coefficient (Wildman–Crippen LogP) is -4.50. The Bertz CT molecular complexity index is 351. The van der Waals surface area contributed by atoms with Gasteiger partial charge in [-0.3, -0.25) is 19.4 Å². The second-order valence-corrected chi connectivity index (χ2v) is 3.68. The molecule has 0 heterocycles. The summed E-state index contributed by atoms with van der Waals surface area (Å²) in [5.74, 6) is -3.14. The number of nitrogens with two attached hydrogens (primary N) is 3. The molecular weight excluding hydrogens is 295 g/mol. The molecule has 0 bridgehead atoms. The van der Waals surface area contributed by atoms with Crippen molar-refractivity contribution < 1.29 is 60.7 Å². The zero-order valence-electron chi connectivity index (χ0n) is 12.9. The van der Waals surface area contributed by atoms with Gasteiger partial charge in [-0.1, -0.05) is 0 Å². The van der Waals surface area contributed by atoms with E-state index in [4.69, 9.17) is 32.5 Å². The standard InChI is InChI=1S/C6H14N4O2.C4H6O4.Na.H/c7-4(5(11)12)2-1-3-10-6(8)9;5-3(6)1-2-4(7)8;;/h4H,1-3,7H2,(H,11,12)(H4,8,9,10);1-2H2,(H,5,6)(H,7,8);;/q;;+1;-1/t4-;;;/m0.../s1. The largest absolute Gasteiger partial charge is 1.00 e. The van der Waals surface area contributed by atoms with Crippen LogP contribution < -0.4 is 46.8 Å². The molecule has 0 fully saturated rings. The van der Waals surface area contributed by atoms with Gasteiger partial charge in [0.05, 0.1) is 12.8 Å². The van der Waals surface area contributed by atoms with Crippen LogP contribution in [0.5, 0.6) is 0 Å². The predicted molar refractivity (Wildman–Crippen MR) is 71.1 cm³/mol. The smallest absolute Gasteiger partial charge is 1.00 e. The maximum absolute atomic E-state index is 10.2. The number of aliphatic carboxylic acids is 3. The Morgan fingerprint density at radius 1 is 1.05 bits per heavy atom. The fourth-order valence-corrected chi connectivity index (χ4v) is 0.857. The number of rotatable bonds is 8. The number of hydrogen-bond acceptors (Lipinski definition) is 5. The number of hydrogen-bond donors (Lipinski definition) is 6. The Kier molecular flexibility index (Phi) is 17.6. The fourth-order valence-electron chi connectivity index (χ4n) is 0.857. The van der Waals surface area contributed by atoms with E-state index in [9.17, 15) is 14.4 Å². The van der Waals surface area contributed by atoms with Crippen LogP contribution in [0.2, 0.25) is 0 Å². The molecular formula is C10H21N4NaO6. The summed E-state index contributed by atoms with van der Waals surface area (Å²) in [6.45, 7) is 0.420. The van der Waals surface area contributed by atoms with Gasteiger partial charge in [-0.15, -0.1) is 0 Å². The average molecular weight is 316 g/mol. The Labute approximate surface area is 145 Å². The van der Waals surface area contributed by atoms with E-state index < -0.39 is 23.9 Å². The molecule has 0 amide bonds. The Balaban J connectivity index is -0.000000144. The van der Waals surface area contributed by atoms with E-state index in [2.05, 4.69) is 4.99 Å². The maximum Gasteiger partial charge on any atom is 1.00 e. The third-order valence-corrected chi connectivity index (χ3v) is 1.84. The van der Waals surface area contributed by atoms with Gasteiger partial charge in [0, 0.05) is 6.54 Å². The molecule has 0 rings (SSSR count). The minimum absolute atomic E-state index is 0. The molecule has 0 aliphatic rings. The van der Waals surface area contributed by atoms with Crippen LogP contribution in [0.15, 0.2) is 4.99 Å². The van der Waals surface area contributed by atoms with Gasteiger partial charge in [-0.05, 0) is 12.8 Å². The summed E-state index contributed by atoms with van der Waals surface area (Å²) < 4.78 is 0. The van der Waals surface area contributed by atoms with E-state index >= 15 is 0 Å². The Hall–Kier alpha value is -1.36. The van der Waals surface area contributed by atoms with Gasteiger partial charge in [-0.25, -0.2) is 0 Å². The topological polar surface area (TPSA) is 202 Å². The van der Waals surface area contributed by atoms with Crippen molar-refractivity contribution in [3.8, 4) is 0 Å². The van der Waals surface area contributed by atoms with Crippen LogP contribution in [0.25, 0.3) is 0 Å². The number of carboxylic acids is 3. The minimum atomic E-state index is -1.08. The molecule has 0 aromatic heterocycles. The van der Waals surface area contributed by atoms with Crippen LogP contribution in [-0.4, -0.2) is 51.8 Å². The average Bonchev–Trinajstić information content (AvgIpc) is 2.32. The summed E-state index contributed by atoms with van der Waals surface area (Å²) in [6, 6.07) is -0.820. The summed E-state index contributed by atoms with van der Waals surface area (Å²) in [5, 5.41) is 24.2. The molecule has 0 aromatic rings. The van der Waals surface area contributed by atoms with Gasteiger partial charge in [0.1, 0.15) is 6.04 Å². The molecule has 11 heteroatoms. The molecule has 0 spiro atoms. The van der Waals surface area contributed by atoms with Crippen molar-refractivity contribution in [2.45, 2.75) is 31.7 Å². The number of carbonyl (C=O) groups is 3. The van der Waals surface area contributed by atoms with Crippen LogP contribution >= 0.6 is 0 Å². The Morgan fingerprint density at radius 2 is 1.48 bits per heavy atom. The van der Waals surface area contributed by atoms with E-state index in [0.717, 1.165) is 0 Å². The fraction of sp³-hybridized carbons (Fsp3) is 0.600. The van der Waals surface area contributed by atoms with E-state index in [0.29, 0.717) is 19.4 Å². The van der Waals surface area contributed by atoms with E-state index in [1.807, 2.05) is 0 Å². The first-order valence-electron chi connectivity index (χ1n) is 5.64. The first-order chi connectivity index (χ1) is 9.16. The van der Waals surface area contributed by atoms with Gasteiger partial charge in [0.25, 0.3) is 0 Å². The van der Waals surface area contributed by atoms with Crippen LogP contribution in [0, 0.1) is 0 Å². The van der Waals surface area contributed by atoms with Gasteiger partial charge >= 0.3 is 47.5 Å². The van der Waals surface area contributed by atoms with E-state index in [1.54, 1.807) is 0 Å². The zero-order valence-corrected chi connectivity index (χ0v) is 13.9. The SMILES string of the molecule is NC(N)=NCCC[C@H](N)C(=O)O.O=C(O)CCC(=O)O.[H-].[Na+]. The molecule has 0 saturated heterocycles. The quantitative estimate of drug-likeness (QED) is 0.110. The summed E-state index contributed by atoms with van der Waals surface area (Å²) in [5.41, 5.74) is 15.3. The van der Waals surface area contributed by atoms with Crippen LogP contribution in [0.1, 0.15) is 27.1 Å². The second-order valence-electron chi connectivity index (χ2n) is 3.68. The van der Waals surface area contributed by atoms with Crippen molar-refractivity contribution in [1.82, 2.24) is 0 Å². The van der Waals surface area contributed by atoms with Gasteiger partial charge < -0.3 is 33.9 Å².